The van der Waals surface area contributed by atoms with Gasteiger partial charge in [0.15, 0.2) is 0 Å². The smallest absolute Gasteiger partial charge is 0.309 e. The number of methoxy groups -OCH3 is 1. The Kier molecular flexibility index (Phi) is 9.52. The maximum absolute atomic E-state index is 14.9. The number of aromatic nitrogens is 2. The van der Waals surface area contributed by atoms with Gasteiger partial charge < -0.3 is 20.3 Å². The van der Waals surface area contributed by atoms with Crippen molar-refractivity contribution in [2.75, 3.05) is 21.2 Å². The van der Waals surface area contributed by atoms with Crippen LogP contribution in [-0.4, -0.2) is 57.6 Å². The number of carbonyl (C=O) groups is 1. The first-order chi connectivity index (χ1) is 24.5. The molecular formula is C40H41Cl2FN4O4. The lowest BCUT2D eigenvalue weighted by molar-refractivity contribution is -0.160. The van der Waals surface area contributed by atoms with E-state index < -0.39 is 17.2 Å². The van der Waals surface area contributed by atoms with E-state index in [0.717, 1.165) is 77.4 Å². The van der Waals surface area contributed by atoms with E-state index in [1.54, 1.807) is 14.2 Å². The third-order valence-corrected chi connectivity index (χ3v) is 12.2. The van der Waals surface area contributed by atoms with Crippen LogP contribution in [-0.2, 0) is 24.4 Å². The lowest BCUT2D eigenvalue weighted by atomic mass is 9.57. The molecule has 266 valence electrons. The van der Waals surface area contributed by atoms with Crippen molar-refractivity contribution in [2.24, 2.45) is 5.41 Å². The number of hydrogen-bond donors (Lipinski definition) is 3. The van der Waals surface area contributed by atoms with E-state index in [4.69, 9.17) is 33.0 Å². The van der Waals surface area contributed by atoms with Gasteiger partial charge in [0.05, 0.1) is 35.8 Å². The van der Waals surface area contributed by atoms with Crippen molar-refractivity contribution in [1.82, 2.24) is 20.0 Å². The predicted molar refractivity (Wildman–Crippen MR) is 199 cm³/mol. The molecule has 0 atom stereocenters. The van der Waals surface area contributed by atoms with E-state index in [1.165, 1.54) is 12.1 Å². The van der Waals surface area contributed by atoms with E-state index in [-0.39, 0.29) is 23.4 Å². The minimum Gasteiger partial charge on any atom is -0.507 e. The van der Waals surface area contributed by atoms with Crippen molar-refractivity contribution in [1.29, 1.82) is 0 Å². The number of fused-ring (bicyclic) bond motifs is 4. The molecule has 3 aliphatic carbocycles. The summed E-state index contributed by atoms with van der Waals surface area (Å²) in [6, 6.07) is 18.4. The van der Waals surface area contributed by atoms with Gasteiger partial charge in [0, 0.05) is 51.3 Å². The Bertz CT molecular complexity index is 2100. The molecule has 0 radical (unpaired) electrons. The molecule has 0 amide bonds. The summed E-state index contributed by atoms with van der Waals surface area (Å²) in [4.78, 5) is 14.3. The van der Waals surface area contributed by atoms with Crippen LogP contribution in [0.3, 0.4) is 0 Å². The molecule has 1 heterocycles. The number of aromatic hydroxyl groups is 1. The fourth-order valence-corrected chi connectivity index (χ4v) is 8.85. The number of ether oxygens (including phenoxy) is 1. The molecule has 3 fully saturated rings. The maximum Gasteiger partial charge on any atom is 0.309 e. The minimum atomic E-state index is -0.650. The first-order valence-corrected chi connectivity index (χ1v) is 17.9. The third kappa shape index (κ3) is 6.24. The Hall–Kier alpha value is -4.15. The van der Waals surface area contributed by atoms with E-state index in [0.29, 0.717) is 34.3 Å². The van der Waals surface area contributed by atoms with E-state index in [9.17, 15) is 19.4 Å². The van der Waals surface area contributed by atoms with Gasteiger partial charge in [-0.25, -0.2) is 4.39 Å². The van der Waals surface area contributed by atoms with Gasteiger partial charge in [0.1, 0.15) is 17.3 Å². The van der Waals surface area contributed by atoms with Crippen molar-refractivity contribution in [3.63, 3.8) is 0 Å². The van der Waals surface area contributed by atoms with Crippen molar-refractivity contribution in [2.45, 2.75) is 63.7 Å². The number of carboxylic acid groups (broad SMARTS) is 1. The molecule has 3 N–H and O–H groups in total. The van der Waals surface area contributed by atoms with Gasteiger partial charge in [-0.1, -0.05) is 53.5 Å². The second-order valence-corrected chi connectivity index (χ2v) is 14.9. The number of aliphatic carboxylic acids is 1. The van der Waals surface area contributed by atoms with E-state index in [2.05, 4.69) is 17.3 Å². The molecule has 4 aromatic carbocycles. The highest BCUT2D eigenvalue weighted by atomic mass is 35.5. The molecule has 5 aromatic rings. The molecule has 51 heavy (non-hydrogen) atoms. The van der Waals surface area contributed by atoms with Crippen molar-refractivity contribution >= 4 is 40.1 Å². The van der Waals surface area contributed by atoms with Crippen molar-refractivity contribution < 1.29 is 24.1 Å². The van der Waals surface area contributed by atoms with Crippen LogP contribution in [0.15, 0.2) is 66.9 Å². The highest BCUT2D eigenvalue weighted by molar-refractivity contribution is 6.36. The van der Waals surface area contributed by atoms with Crippen LogP contribution in [0.4, 0.5) is 4.39 Å². The Balaban J connectivity index is 1.15. The number of phenols is 1. The van der Waals surface area contributed by atoms with Crippen LogP contribution in [0.1, 0.15) is 55.2 Å². The third-order valence-electron chi connectivity index (χ3n) is 11.5. The second kappa shape index (κ2) is 13.8. The zero-order valence-corrected chi connectivity index (χ0v) is 30.4. The summed E-state index contributed by atoms with van der Waals surface area (Å²) >= 11 is 14.0. The number of halogens is 3. The molecule has 2 bridgehead atoms. The zero-order valence-electron chi connectivity index (χ0n) is 28.9. The second-order valence-electron chi connectivity index (χ2n) is 14.1. The standard InChI is InChI=1S/C40H41Cl2FN4O4/c1-44-20-31-33(43)17-24(18-35(31)48)27-6-4-8-29(37(27)42)28-7-5-9-34-30(28)21-45-47(34)23-25-19-36(51-3)26(16-32(25)41)22-46(2)40-13-10-39(11-14-40,12-15-40)38(49)50/h4-9,16-19,21,44,48H,10-15,20,22-23H2,1-3H3,(H,49,50). The first kappa shape index (κ1) is 35.3. The fraction of sp³-hybridized carbons (Fsp3) is 0.350. The number of benzene rings is 4. The highest BCUT2D eigenvalue weighted by Gasteiger charge is 2.54. The average molecular weight is 732 g/mol. The Morgan fingerprint density at radius 1 is 1.00 bits per heavy atom. The first-order valence-electron chi connectivity index (χ1n) is 17.2. The SMILES string of the molecule is CNCc1c(O)cc(-c2cccc(-c3cccc4c3cnn4Cc3cc(OC)c(CN(C)C45CCC(C(=O)O)(CC4)CC5)cc3Cl)c2Cl)cc1F. The van der Waals surface area contributed by atoms with Gasteiger partial charge >= 0.3 is 5.97 Å². The van der Waals surface area contributed by atoms with Gasteiger partial charge in [-0.05, 0) is 99.6 Å². The molecule has 11 heteroatoms. The molecule has 0 saturated heterocycles. The average Bonchev–Trinajstić information content (AvgIpc) is 3.54. The molecule has 3 aliphatic rings. The summed E-state index contributed by atoms with van der Waals surface area (Å²) in [7, 11) is 5.48. The van der Waals surface area contributed by atoms with Gasteiger partial charge in [-0.15, -0.1) is 0 Å². The van der Waals surface area contributed by atoms with Crippen LogP contribution >= 0.6 is 23.2 Å². The number of nitrogens with zero attached hydrogens (tertiary/aromatic N) is 3. The summed E-state index contributed by atoms with van der Waals surface area (Å²) in [6.45, 7) is 1.25. The van der Waals surface area contributed by atoms with E-state index >= 15 is 0 Å². The largest absolute Gasteiger partial charge is 0.507 e. The fourth-order valence-electron chi connectivity index (χ4n) is 8.27. The summed E-state index contributed by atoms with van der Waals surface area (Å²) < 4.78 is 22.7. The van der Waals surface area contributed by atoms with Gasteiger partial charge in [-0.2, -0.15) is 5.10 Å². The van der Waals surface area contributed by atoms with Crippen molar-refractivity contribution in [3.05, 3.63) is 99.4 Å². The molecule has 3 saturated carbocycles. The Morgan fingerprint density at radius 3 is 2.35 bits per heavy atom. The number of hydrogen-bond acceptors (Lipinski definition) is 6. The molecule has 1 aromatic heterocycles. The van der Waals surface area contributed by atoms with Crippen LogP contribution in [0.2, 0.25) is 10.0 Å². The monoisotopic (exact) mass is 730 g/mol. The Morgan fingerprint density at radius 2 is 1.69 bits per heavy atom. The summed E-state index contributed by atoms with van der Waals surface area (Å²) in [5, 5.41) is 29.9. The molecule has 0 spiro atoms. The van der Waals surface area contributed by atoms with Crippen LogP contribution in [0.25, 0.3) is 33.2 Å². The minimum absolute atomic E-state index is 0.0175. The molecular weight excluding hydrogens is 690 g/mol. The quantitative estimate of drug-likeness (QED) is 0.125. The van der Waals surface area contributed by atoms with Crippen LogP contribution in [0, 0.1) is 11.2 Å². The normalized spacial score (nSPS) is 20.0. The highest BCUT2D eigenvalue weighted by Crippen LogP contribution is 2.55. The number of rotatable bonds is 11. The number of carboxylic acids is 1. The summed E-state index contributed by atoms with van der Waals surface area (Å²) in [5.74, 6) is -0.549. The van der Waals surface area contributed by atoms with Crippen LogP contribution in [0.5, 0.6) is 11.5 Å². The van der Waals surface area contributed by atoms with Gasteiger partial charge in [0.25, 0.3) is 0 Å². The molecule has 0 aliphatic heterocycles. The van der Waals surface area contributed by atoms with Crippen molar-refractivity contribution in [3.8, 4) is 33.8 Å². The maximum atomic E-state index is 14.9. The van der Waals surface area contributed by atoms with Gasteiger partial charge in [-0.3, -0.25) is 14.4 Å². The topological polar surface area (TPSA) is 99.9 Å². The summed E-state index contributed by atoms with van der Waals surface area (Å²) in [6.07, 6.45) is 6.59. The predicted octanol–water partition coefficient (Wildman–Crippen LogP) is 8.91. The molecule has 0 unspecified atom stereocenters. The molecule has 8 nitrogen and oxygen atoms in total. The van der Waals surface area contributed by atoms with Gasteiger partial charge in [0.2, 0.25) is 0 Å². The number of nitrogens with one attached hydrogen (secondary N) is 1. The Labute approximate surface area is 306 Å². The molecule has 8 rings (SSSR count). The lowest BCUT2D eigenvalue weighted by Crippen LogP contribution is -2.56. The zero-order chi connectivity index (χ0) is 36.1. The van der Waals surface area contributed by atoms with Crippen LogP contribution < -0.4 is 10.1 Å². The van der Waals surface area contributed by atoms with E-state index in [1.807, 2.05) is 59.4 Å². The number of phenolic OH excluding ortho intramolecular Hbond substituents is 1. The lowest BCUT2D eigenvalue weighted by Gasteiger charge is -2.55. The summed E-state index contributed by atoms with van der Waals surface area (Å²) in [5.41, 5.74) is 5.08.